The van der Waals surface area contributed by atoms with Crippen molar-refractivity contribution in [3.05, 3.63) is 212 Å². The Bertz CT molecular complexity index is 4700. The standard InChI is InChI=1S/C83H88BN3/c1-45(2)49-21-26-57(27-22-49)85(58-36-51(47(5)6)35-52(37-58)48(7)8)70-34-32-68-78-73(70)61-28-23-50(46(3)4)38-72(61)86(78)71-33-31-64-77-74(71)84(68)69-44-56(82(18,19)20)40-63-62-39-55(81(15,16)17)43-67(75(62)87(77)76(63)69)83(64)65-41-53(79(9,10)11)24-29-59(65)60-30-25-54(42-66(60)83)80(12,13)14/h21-48H,1-20H3. The third-order valence-corrected chi connectivity index (χ3v) is 21.2. The highest BCUT2D eigenvalue weighted by Gasteiger charge is 2.55. The molecule has 11 aromatic rings. The molecule has 4 aliphatic rings. The molecule has 438 valence electrons. The van der Waals surface area contributed by atoms with Crippen LogP contribution in [0, 0.1) is 0 Å². The Hall–Kier alpha value is -7.56. The molecule has 0 atom stereocenters. The van der Waals surface area contributed by atoms with Crippen molar-refractivity contribution in [2.75, 3.05) is 4.90 Å². The molecule has 1 spiro atoms. The molecule has 5 heterocycles. The normalized spacial score (nSPS) is 14.7. The fourth-order valence-electron chi connectivity index (χ4n) is 16.1. The van der Waals surface area contributed by atoms with Crippen molar-refractivity contribution in [2.24, 2.45) is 0 Å². The molecule has 0 saturated heterocycles. The summed E-state index contributed by atoms with van der Waals surface area (Å²) < 4.78 is 5.57. The predicted molar refractivity (Wildman–Crippen MR) is 376 cm³/mol. The van der Waals surface area contributed by atoms with Crippen LogP contribution in [0.15, 0.2) is 146 Å². The highest BCUT2D eigenvalue weighted by Crippen LogP contribution is 2.63. The summed E-state index contributed by atoms with van der Waals surface area (Å²) in [6.07, 6.45) is 0. The van der Waals surface area contributed by atoms with Gasteiger partial charge in [0.05, 0.1) is 27.7 Å². The van der Waals surface area contributed by atoms with Gasteiger partial charge in [0, 0.05) is 49.8 Å². The van der Waals surface area contributed by atoms with Crippen molar-refractivity contribution in [1.29, 1.82) is 0 Å². The second kappa shape index (κ2) is 18.3. The molecule has 9 aromatic carbocycles. The van der Waals surface area contributed by atoms with Crippen molar-refractivity contribution in [3.8, 4) is 22.5 Å². The predicted octanol–water partition coefficient (Wildman–Crippen LogP) is 20.9. The van der Waals surface area contributed by atoms with Gasteiger partial charge in [-0.2, -0.15) is 0 Å². The van der Waals surface area contributed by atoms with E-state index in [2.05, 4.69) is 298 Å². The summed E-state index contributed by atoms with van der Waals surface area (Å²) in [6.45, 7) is 47.5. The van der Waals surface area contributed by atoms with Crippen molar-refractivity contribution >= 4 is 83.8 Å². The van der Waals surface area contributed by atoms with Gasteiger partial charge in [-0.1, -0.05) is 229 Å². The molecule has 3 aliphatic heterocycles. The van der Waals surface area contributed by atoms with E-state index in [0.717, 1.165) is 0 Å². The molecule has 0 N–H and O–H groups in total. The summed E-state index contributed by atoms with van der Waals surface area (Å²) in [6, 6.07) is 60.4. The van der Waals surface area contributed by atoms with Crippen molar-refractivity contribution in [3.63, 3.8) is 0 Å². The minimum Gasteiger partial charge on any atom is -0.310 e. The van der Waals surface area contributed by atoms with Crippen molar-refractivity contribution < 1.29 is 0 Å². The first-order valence-electron chi connectivity index (χ1n) is 32.8. The fourth-order valence-corrected chi connectivity index (χ4v) is 16.1. The largest absolute Gasteiger partial charge is 0.310 e. The van der Waals surface area contributed by atoms with E-state index in [0.29, 0.717) is 23.7 Å². The van der Waals surface area contributed by atoms with Crippen LogP contribution < -0.4 is 21.3 Å². The van der Waals surface area contributed by atoms with Crippen molar-refractivity contribution in [2.45, 2.75) is 189 Å². The summed E-state index contributed by atoms with van der Waals surface area (Å²) >= 11 is 0. The van der Waals surface area contributed by atoms with Crippen LogP contribution in [0.25, 0.3) is 66.1 Å². The zero-order valence-electron chi connectivity index (χ0n) is 55.6. The number of hydrogen-bond donors (Lipinski definition) is 0. The Morgan fingerprint density at radius 2 is 0.908 bits per heavy atom. The molecular formula is C83H88BN3. The third kappa shape index (κ3) is 7.74. The minimum absolute atomic E-state index is 0.0621. The van der Waals surface area contributed by atoms with Crippen LogP contribution in [-0.4, -0.2) is 15.8 Å². The van der Waals surface area contributed by atoms with Gasteiger partial charge in [0.2, 0.25) is 0 Å². The van der Waals surface area contributed by atoms with Gasteiger partial charge in [0.25, 0.3) is 6.71 Å². The lowest BCUT2D eigenvalue weighted by molar-refractivity contribution is 0.583. The number of nitrogens with zero attached hydrogens (tertiary/aromatic N) is 3. The Balaban J connectivity index is 1.15. The first kappa shape index (κ1) is 56.0. The van der Waals surface area contributed by atoms with Gasteiger partial charge in [-0.3, -0.25) is 0 Å². The summed E-state index contributed by atoms with van der Waals surface area (Å²) in [5, 5.41) is 5.33. The van der Waals surface area contributed by atoms with Crippen LogP contribution in [-0.2, 0) is 27.1 Å². The smallest absolute Gasteiger partial charge is 0.252 e. The number of hydrogen-bond acceptors (Lipinski definition) is 1. The van der Waals surface area contributed by atoms with E-state index in [1.165, 1.54) is 166 Å². The number of fused-ring (bicyclic) bond motifs is 14. The minimum atomic E-state index is -0.635. The number of anilines is 3. The monoisotopic (exact) mass is 1140 g/mol. The molecule has 0 fully saturated rings. The van der Waals surface area contributed by atoms with Crippen LogP contribution in [0.3, 0.4) is 0 Å². The molecule has 3 nitrogen and oxygen atoms in total. The van der Waals surface area contributed by atoms with Gasteiger partial charge in [0.1, 0.15) is 0 Å². The Morgan fingerprint density at radius 3 is 1.46 bits per heavy atom. The van der Waals surface area contributed by atoms with Crippen LogP contribution >= 0.6 is 0 Å². The summed E-state index contributed by atoms with van der Waals surface area (Å²) in [7, 11) is 0. The zero-order valence-corrected chi connectivity index (χ0v) is 55.6. The zero-order chi connectivity index (χ0) is 61.4. The van der Waals surface area contributed by atoms with Gasteiger partial charge < -0.3 is 14.0 Å². The van der Waals surface area contributed by atoms with E-state index in [-0.39, 0.29) is 28.4 Å². The number of rotatable bonds is 7. The van der Waals surface area contributed by atoms with E-state index < -0.39 is 5.41 Å². The van der Waals surface area contributed by atoms with Crippen LogP contribution in [0.5, 0.6) is 0 Å². The molecule has 87 heavy (non-hydrogen) atoms. The van der Waals surface area contributed by atoms with Crippen LogP contribution in [0.2, 0.25) is 0 Å². The molecule has 0 saturated carbocycles. The topological polar surface area (TPSA) is 13.1 Å². The van der Waals surface area contributed by atoms with Gasteiger partial charge in [-0.05, 0) is 194 Å². The fraction of sp³-hybridized carbons (Fsp3) is 0.349. The SMILES string of the molecule is CC(C)c1ccc(N(c2cc(C(C)C)cc(C(C)C)c2)c2ccc3c4c2c2ccc(C(C)C)cc2n4-c2ccc4c5c2B3c2cc(C(C)(C)C)cc3c6cc(C(C)(C)C)cc(c6n-5c23)C42c3cc(C(C)(C)C)ccc3-c3ccc(C(C)(C)C)cc32)cc1. The van der Waals surface area contributed by atoms with Gasteiger partial charge in [-0.25, -0.2) is 0 Å². The summed E-state index contributed by atoms with van der Waals surface area (Å²) in [5.41, 5.74) is 34.0. The highest BCUT2D eigenvalue weighted by atomic mass is 15.2. The maximum atomic E-state index is 2.82. The quantitative estimate of drug-likeness (QED) is 0.145. The van der Waals surface area contributed by atoms with Crippen LogP contribution in [0.4, 0.5) is 17.1 Å². The second-order valence-corrected chi connectivity index (χ2v) is 32.2. The van der Waals surface area contributed by atoms with Crippen LogP contribution in [0.1, 0.15) is 229 Å². The third-order valence-electron chi connectivity index (χ3n) is 21.2. The molecule has 2 aromatic heterocycles. The van der Waals surface area contributed by atoms with Crippen molar-refractivity contribution in [1.82, 2.24) is 9.13 Å². The van der Waals surface area contributed by atoms with E-state index in [1.54, 1.807) is 0 Å². The lowest BCUT2D eigenvalue weighted by Gasteiger charge is -2.45. The van der Waals surface area contributed by atoms with E-state index in [4.69, 9.17) is 0 Å². The molecule has 1 aliphatic carbocycles. The molecule has 0 bridgehead atoms. The Morgan fingerprint density at radius 1 is 0.379 bits per heavy atom. The van der Waals surface area contributed by atoms with E-state index in [9.17, 15) is 0 Å². The van der Waals surface area contributed by atoms with E-state index in [1.807, 2.05) is 0 Å². The molecular weight excluding hydrogens is 1050 g/mol. The highest BCUT2D eigenvalue weighted by molar-refractivity contribution is 7.00. The molecule has 15 rings (SSSR count). The second-order valence-electron chi connectivity index (χ2n) is 32.2. The van der Waals surface area contributed by atoms with Gasteiger partial charge in [-0.15, -0.1) is 0 Å². The Kier molecular flexibility index (Phi) is 11.8. The van der Waals surface area contributed by atoms with Gasteiger partial charge >= 0.3 is 0 Å². The molecule has 4 heteroatoms. The average Bonchev–Trinajstić information content (AvgIpc) is 1.53. The maximum Gasteiger partial charge on any atom is 0.252 e. The molecule has 0 amide bonds. The van der Waals surface area contributed by atoms with Gasteiger partial charge in [0.15, 0.2) is 0 Å². The Labute approximate surface area is 518 Å². The van der Waals surface area contributed by atoms with E-state index >= 15 is 0 Å². The summed E-state index contributed by atoms with van der Waals surface area (Å²) in [4.78, 5) is 2.62. The number of benzene rings is 9. The first-order chi connectivity index (χ1) is 41.0. The first-order valence-corrected chi connectivity index (χ1v) is 32.8. The molecule has 0 unspecified atom stereocenters. The lowest BCUT2D eigenvalue weighted by Crippen LogP contribution is -2.60. The maximum absolute atomic E-state index is 2.82. The number of aromatic nitrogens is 2. The average molecular weight is 1140 g/mol. The lowest BCUT2D eigenvalue weighted by atomic mass is 9.33. The summed E-state index contributed by atoms with van der Waals surface area (Å²) in [5.74, 6) is 1.50. The molecule has 0 radical (unpaired) electrons.